The first-order valence-corrected chi connectivity index (χ1v) is 12.5. The van der Waals surface area contributed by atoms with E-state index in [1.807, 2.05) is 50.2 Å². The fourth-order valence-corrected chi connectivity index (χ4v) is 5.19. The van der Waals surface area contributed by atoms with Gasteiger partial charge in [0, 0.05) is 11.8 Å². The SMILES string of the molecule is CC1(C)O[C@@H]2[C@H](O1)[C@@H](C(=O)c1ccc(Cl)c(OCc3ccccc3)c1)O[C@H]2n1ccc2c(Cl)ncnc21. The zero-order valence-electron chi connectivity index (χ0n) is 20.0. The molecule has 0 saturated carbocycles. The summed E-state index contributed by atoms with van der Waals surface area (Å²) < 4.78 is 26.4. The van der Waals surface area contributed by atoms with Crippen LogP contribution in [0, 0.1) is 0 Å². The number of Topliss-reactive ketones (excluding diaryl/α,β-unsaturated/α-hetero) is 1. The topological polar surface area (TPSA) is 84.7 Å². The molecule has 4 atom stereocenters. The Bertz CT molecular complexity index is 1480. The van der Waals surface area contributed by atoms with Gasteiger partial charge in [-0.2, -0.15) is 0 Å². The normalized spacial score (nSPS) is 24.3. The second kappa shape index (κ2) is 9.38. The second-order valence-corrected chi connectivity index (χ2v) is 10.2. The van der Waals surface area contributed by atoms with E-state index in [0.29, 0.717) is 39.1 Å². The quantitative estimate of drug-likeness (QED) is 0.232. The standard InChI is InChI=1S/C27H23Cl2N3O5/c1-27(2)36-22-21(35-26(23(22)37-27)32-11-10-17-24(29)30-14-31-25(17)32)20(33)16-8-9-18(28)19(12-16)34-13-15-6-4-3-5-7-15/h3-12,14,21-23,26H,13H2,1-2H3/t21-,22-,23-,26-/m1/s1. The minimum Gasteiger partial charge on any atom is -0.487 e. The fraction of sp³-hybridized carbons (Fsp3) is 0.296. The van der Waals surface area contributed by atoms with Gasteiger partial charge in [-0.25, -0.2) is 9.97 Å². The van der Waals surface area contributed by atoms with Gasteiger partial charge in [-0.15, -0.1) is 0 Å². The summed E-state index contributed by atoms with van der Waals surface area (Å²) >= 11 is 12.6. The first-order valence-electron chi connectivity index (χ1n) is 11.8. The molecule has 0 amide bonds. The molecule has 190 valence electrons. The number of hydrogen-bond donors (Lipinski definition) is 0. The van der Waals surface area contributed by atoms with Crippen LogP contribution in [0.5, 0.6) is 5.75 Å². The summed E-state index contributed by atoms with van der Waals surface area (Å²) in [6, 6.07) is 16.5. The van der Waals surface area contributed by atoms with E-state index >= 15 is 0 Å². The minimum absolute atomic E-state index is 0.260. The van der Waals surface area contributed by atoms with Gasteiger partial charge in [0.2, 0.25) is 0 Å². The number of ether oxygens (including phenoxy) is 4. The van der Waals surface area contributed by atoms with Crippen molar-refractivity contribution in [3.8, 4) is 5.75 Å². The number of hydrogen-bond acceptors (Lipinski definition) is 7. The van der Waals surface area contributed by atoms with Gasteiger partial charge in [0.05, 0.1) is 10.4 Å². The molecule has 2 aromatic carbocycles. The molecule has 2 aliphatic heterocycles. The molecule has 2 aliphatic rings. The van der Waals surface area contributed by atoms with Gasteiger partial charge in [-0.3, -0.25) is 4.79 Å². The molecule has 0 unspecified atom stereocenters. The van der Waals surface area contributed by atoms with Crippen molar-refractivity contribution in [2.45, 2.75) is 50.8 Å². The van der Waals surface area contributed by atoms with Crippen LogP contribution in [-0.4, -0.2) is 44.4 Å². The Kier molecular flexibility index (Phi) is 6.17. The number of halogens is 2. The van der Waals surface area contributed by atoms with Gasteiger partial charge in [0.15, 0.2) is 23.9 Å². The lowest BCUT2D eigenvalue weighted by Gasteiger charge is -2.24. The number of ketones is 1. The summed E-state index contributed by atoms with van der Waals surface area (Å²) in [5, 5.41) is 1.42. The average molecular weight is 540 g/mol. The molecule has 0 N–H and O–H groups in total. The van der Waals surface area contributed by atoms with Crippen LogP contribution in [0.3, 0.4) is 0 Å². The predicted molar refractivity (Wildman–Crippen MR) is 137 cm³/mol. The number of nitrogens with zero attached hydrogens (tertiary/aromatic N) is 3. The van der Waals surface area contributed by atoms with Crippen LogP contribution in [0.1, 0.15) is 36.0 Å². The van der Waals surface area contributed by atoms with Crippen molar-refractivity contribution in [2.75, 3.05) is 0 Å². The third kappa shape index (κ3) is 4.49. The summed E-state index contributed by atoms with van der Waals surface area (Å²) in [4.78, 5) is 22.2. The van der Waals surface area contributed by atoms with Gasteiger partial charge in [-0.1, -0.05) is 53.5 Å². The highest BCUT2D eigenvalue weighted by Crippen LogP contribution is 2.45. The van der Waals surface area contributed by atoms with E-state index in [2.05, 4.69) is 9.97 Å². The Morgan fingerprint density at radius 1 is 1.05 bits per heavy atom. The van der Waals surface area contributed by atoms with Crippen LogP contribution in [0.25, 0.3) is 11.0 Å². The lowest BCUT2D eigenvalue weighted by Crippen LogP contribution is -2.35. The van der Waals surface area contributed by atoms with E-state index in [4.69, 9.17) is 42.1 Å². The maximum atomic E-state index is 13.8. The molecule has 0 radical (unpaired) electrons. The van der Waals surface area contributed by atoms with Gasteiger partial charge in [-0.05, 0) is 43.7 Å². The zero-order valence-corrected chi connectivity index (χ0v) is 21.5. The highest BCUT2D eigenvalue weighted by molar-refractivity contribution is 6.34. The van der Waals surface area contributed by atoms with Crippen molar-refractivity contribution in [2.24, 2.45) is 0 Å². The molecule has 37 heavy (non-hydrogen) atoms. The van der Waals surface area contributed by atoms with Crippen molar-refractivity contribution < 1.29 is 23.7 Å². The van der Waals surface area contributed by atoms with Crippen molar-refractivity contribution in [3.05, 3.63) is 88.4 Å². The van der Waals surface area contributed by atoms with Crippen LogP contribution in [-0.2, 0) is 20.8 Å². The van der Waals surface area contributed by atoms with Crippen LogP contribution < -0.4 is 4.74 Å². The number of fused-ring (bicyclic) bond motifs is 2. The summed E-state index contributed by atoms with van der Waals surface area (Å²) in [5.41, 5.74) is 1.96. The number of carbonyl (C=O) groups is 1. The molecule has 2 aromatic heterocycles. The summed E-state index contributed by atoms with van der Waals surface area (Å²) in [6.45, 7) is 3.95. The lowest BCUT2D eigenvalue weighted by atomic mass is 10.0. The van der Waals surface area contributed by atoms with E-state index in [1.54, 1.807) is 29.0 Å². The number of aromatic nitrogens is 3. The Morgan fingerprint density at radius 2 is 1.84 bits per heavy atom. The molecule has 4 aromatic rings. The van der Waals surface area contributed by atoms with Gasteiger partial charge < -0.3 is 23.5 Å². The Hall–Kier alpha value is -3.01. The number of carbonyl (C=O) groups excluding carboxylic acids is 1. The maximum Gasteiger partial charge on any atom is 0.194 e. The Morgan fingerprint density at radius 3 is 2.65 bits per heavy atom. The summed E-state index contributed by atoms with van der Waals surface area (Å²) in [5.74, 6) is -0.742. The third-order valence-electron chi connectivity index (χ3n) is 6.48. The van der Waals surface area contributed by atoms with Crippen LogP contribution in [0.4, 0.5) is 0 Å². The van der Waals surface area contributed by atoms with E-state index in [1.165, 1.54) is 6.33 Å². The molecule has 2 fully saturated rings. The van der Waals surface area contributed by atoms with E-state index in [9.17, 15) is 4.79 Å². The van der Waals surface area contributed by atoms with E-state index < -0.39 is 30.3 Å². The van der Waals surface area contributed by atoms with E-state index in [-0.39, 0.29) is 5.78 Å². The molecule has 0 aliphatic carbocycles. The first kappa shape index (κ1) is 24.3. The molecular weight excluding hydrogens is 517 g/mol. The minimum atomic E-state index is -0.922. The molecule has 10 heteroatoms. The first-order chi connectivity index (χ1) is 17.8. The smallest absolute Gasteiger partial charge is 0.194 e. The van der Waals surface area contributed by atoms with Crippen LogP contribution >= 0.6 is 23.2 Å². The summed E-state index contributed by atoms with van der Waals surface area (Å²) in [6.07, 6.45) is 0.421. The third-order valence-corrected chi connectivity index (χ3v) is 7.09. The monoisotopic (exact) mass is 539 g/mol. The Balaban J connectivity index is 1.30. The Labute approximate surface area is 223 Å². The predicted octanol–water partition coefficient (Wildman–Crippen LogP) is 5.62. The number of rotatable bonds is 6. The van der Waals surface area contributed by atoms with E-state index in [0.717, 1.165) is 5.56 Å². The van der Waals surface area contributed by atoms with Crippen molar-refractivity contribution in [1.82, 2.24) is 14.5 Å². The summed E-state index contributed by atoms with van der Waals surface area (Å²) in [7, 11) is 0. The van der Waals surface area contributed by atoms with Crippen molar-refractivity contribution in [1.29, 1.82) is 0 Å². The largest absolute Gasteiger partial charge is 0.487 e. The average Bonchev–Trinajstić information content (AvgIpc) is 3.55. The lowest BCUT2D eigenvalue weighted by molar-refractivity contribution is -0.190. The van der Waals surface area contributed by atoms with Crippen molar-refractivity contribution in [3.63, 3.8) is 0 Å². The molecule has 2 saturated heterocycles. The highest BCUT2D eigenvalue weighted by atomic mass is 35.5. The van der Waals surface area contributed by atoms with Crippen LogP contribution in [0.15, 0.2) is 67.1 Å². The highest BCUT2D eigenvalue weighted by Gasteiger charge is 2.58. The maximum absolute atomic E-state index is 13.8. The fourth-order valence-electron chi connectivity index (χ4n) is 4.82. The van der Waals surface area contributed by atoms with Crippen molar-refractivity contribution >= 4 is 40.0 Å². The molecule has 8 nitrogen and oxygen atoms in total. The van der Waals surface area contributed by atoms with Gasteiger partial charge in [0.25, 0.3) is 0 Å². The molecule has 4 heterocycles. The van der Waals surface area contributed by atoms with Gasteiger partial charge in [0.1, 0.15) is 41.7 Å². The zero-order chi connectivity index (χ0) is 25.7. The second-order valence-electron chi connectivity index (χ2n) is 9.42. The van der Waals surface area contributed by atoms with Gasteiger partial charge >= 0.3 is 0 Å². The number of benzene rings is 2. The molecule has 0 spiro atoms. The van der Waals surface area contributed by atoms with Crippen LogP contribution in [0.2, 0.25) is 10.2 Å². The molecular formula is C27H23Cl2N3O5. The molecule has 6 rings (SSSR count). The molecule has 0 bridgehead atoms.